The smallest absolute Gasteiger partial charge is 0.338 e. The predicted molar refractivity (Wildman–Crippen MR) is 94.8 cm³/mol. The van der Waals surface area contributed by atoms with Gasteiger partial charge in [-0.05, 0) is 31.2 Å². The second kappa shape index (κ2) is 11.2. The van der Waals surface area contributed by atoms with Crippen LogP contribution in [-0.4, -0.2) is 56.1 Å². The summed E-state index contributed by atoms with van der Waals surface area (Å²) in [5.74, 6) is -0.392. The second-order valence-electron chi connectivity index (χ2n) is 4.87. The molecule has 0 spiro atoms. The minimum atomic E-state index is -0.351. The number of rotatable bonds is 5. The van der Waals surface area contributed by atoms with Crippen LogP contribution in [0.5, 0.6) is 0 Å². The minimum Gasteiger partial charge on any atom is -0.462 e. The molecule has 1 aromatic rings. The Morgan fingerprint density at radius 2 is 1.78 bits per heavy atom. The lowest BCUT2D eigenvalue weighted by atomic mass is 10.2. The molecule has 8 heteroatoms. The first kappa shape index (κ1) is 21.7. The van der Waals surface area contributed by atoms with E-state index in [9.17, 15) is 9.59 Å². The molecule has 23 heavy (non-hydrogen) atoms. The van der Waals surface area contributed by atoms with Crippen molar-refractivity contribution in [3.05, 3.63) is 29.8 Å². The summed E-state index contributed by atoms with van der Waals surface area (Å²) in [4.78, 5) is 25.6. The Balaban J connectivity index is 0.00000242. The molecule has 0 aromatic heterocycles. The summed E-state index contributed by atoms with van der Waals surface area (Å²) in [5.41, 5.74) is 1.17. The van der Waals surface area contributed by atoms with Crippen molar-refractivity contribution < 1.29 is 14.3 Å². The normalized spacial score (nSPS) is 14.1. The molecular formula is C15H23Cl2N3O3. The molecule has 0 unspecified atom stereocenters. The fourth-order valence-corrected chi connectivity index (χ4v) is 2.18. The zero-order chi connectivity index (χ0) is 15.1. The predicted octanol–water partition coefficient (Wildman–Crippen LogP) is 1.55. The average Bonchev–Trinajstić information content (AvgIpc) is 2.49. The highest BCUT2D eigenvalue weighted by atomic mass is 35.5. The van der Waals surface area contributed by atoms with Crippen molar-refractivity contribution in [2.24, 2.45) is 0 Å². The van der Waals surface area contributed by atoms with Gasteiger partial charge in [-0.3, -0.25) is 9.69 Å². The van der Waals surface area contributed by atoms with Crippen molar-refractivity contribution in [3.63, 3.8) is 0 Å². The van der Waals surface area contributed by atoms with Crippen LogP contribution in [0.4, 0.5) is 5.69 Å². The van der Waals surface area contributed by atoms with Gasteiger partial charge in [0.1, 0.15) is 0 Å². The third-order valence-corrected chi connectivity index (χ3v) is 3.26. The van der Waals surface area contributed by atoms with Gasteiger partial charge >= 0.3 is 5.97 Å². The van der Waals surface area contributed by atoms with Gasteiger partial charge in [0.25, 0.3) is 0 Å². The SMILES string of the molecule is CCOC(=O)c1ccc(NC(=O)CN2CCNCC2)cc1.Cl.Cl. The molecule has 1 fully saturated rings. The number of hydrogen-bond acceptors (Lipinski definition) is 5. The van der Waals surface area contributed by atoms with Gasteiger partial charge in [0.15, 0.2) is 0 Å². The quantitative estimate of drug-likeness (QED) is 0.776. The van der Waals surface area contributed by atoms with Crippen molar-refractivity contribution in [3.8, 4) is 0 Å². The monoisotopic (exact) mass is 363 g/mol. The standard InChI is InChI=1S/C15H21N3O3.2ClH/c1-2-21-15(20)12-3-5-13(6-4-12)17-14(19)11-18-9-7-16-8-10-18;;/h3-6,16H,2,7-11H2,1H3,(H,17,19);2*1H. The van der Waals surface area contributed by atoms with Crippen molar-refractivity contribution in [2.75, 3.05) is 44.6 Å². The molecule has 0 bridgehead atoms. The molecule has 6 nitrogen and oxygen atoms in total. The lowest BCUT2D eigenvalue weighted by Gasteiger charge is -2.26. The van der Waals surface area contributed by atoms with E-state index in [1.54, 1.807) is 31.2 Å². The summed E-state index contributed by atoms with van der Waals surface area (Å²) >= 11 is 0. The second-order valence-corrected chi connectivity index (χ2v) is 4.87. The van der Waals surface area contributed by atoms with Gasteiger partial charge < -0.3 is 15.4 Å². The van der Waals surface area contributed by atoms with Gasteiger partial charge in [0, 0.05) is 31.9 Å². The zero-order valence-corrected chi connectivity index (χ0v) is 14.7. The van der Waals surface area contributed by atoms with Crippen molar-refractivity contribution >= 4 is 42.4 Å². The van der Waals surface area contributed by atoms with E-state index in [2.05, 4.69) is 15.5 Å². The number of halogens is 2. The van der Waals surface area contributed by atoms with Crippen LogP contribution >= 0.6 is 24.8 Å². The number of benzene rings is 1. The molecule has 0 radical (unpaired) electrons. The van der Waals surface area contributed by atoms with Crippen molar-refractivity contribution in [1.29, 1.82) is 0 Å². The van der Waals surface area contributed by atoms with Crippen LogP contribution in [0.1, 0.15) is 17.3 Å². The van der Waals surface area contributed by atoms with E-state index in [1.165, 1.54) is 0 Å². The van der Waals surface area contributed by atoms with E-state index in [1.807, 2.05) is 0 Å². The first-order chi connectivity index (χ1) is 10.2. The molecule has 1 amide bonds. The number of piperazine rings is 1. The molecule has 2 N–H and O–H groups in total. The Kier molecular flexibility index (Phi) is 10.6. The number of anilines is 1. The fraction of sp³-hybridized carbons (Fsp3) is 0.467. The number of amides is 1. The summed E-state index contributed by atoms with van der Waals surface area (Å²) < 4.78 is 4.91. The summed E-state index contributed by atoms with van der Waals surface area (Å²) in [6.45, 7) is 6.11. The van der Waals surface area contributed by atoms with E-state index in [0.717, 1.165) is 26.2 Å². The molecule has 0 atom stereocenters. The van der Waals surface area contributed by atoms with Crippen LogP contribution in [0.15, 0.2) is 24.3 Å². The van der Waals surface area contributed by atoms with Gasteiger partial charge in [-0.1, -0.05) is 0 Å². The Hall–Kier alpha value is -1.34. The maximum absolute atomic E-state index is 11.9. The third kappa shape index (κ3) is 7.18. The van der Waals surface area contributed by atoms with Gasteiger partial charge in [-0.25, -0.2) is 4.79 Å². The number of ether oxygens (including phenoxy) is 1. The number of esters is 1. The summed E-state index contributed by atoms with van der Waals surface area (Å²) in [7, 11) is 0. The highest BCUT2D eigenvalue weighted by Crippen LogP contribution is 2.10. The molecule has 1 aromatic carbocycles. The number of carbonyl (C=O) groups is 2. The molecule has 0 aliphatic carbocycles. The molecule has 1 aliphatic heterocycles. The van der Waals surface area contributed by atoms with E-state index < -0.39 is 0 Å². The van der Waals surface area contributed by atoms with E-state index in [4.69, 9.17) is 4.74 Å². The lowest BCUT2D eigenvalue weighted by molar-refractivity contribution is -0.117. The van der Waals surface area contributed by atoms with Crippen molar-refractivity contribution in [1.82, 2.24) is 10.2 Å². The first-order valence-electron chi connectivity index (χ1n) is 7.19. The highest BCUT2D eigenvalue weighted by Gasteiger charge is 2.13. The maximum atomic E-state index is 11.9. The fourth-order valence-electron chi connectivity index (χ4n) is 2.18. The van der Waals surface area contributed by atoms with Crippen LogP contribution in [0, 0.1) is 0 Å². The Bertz CT molecular complexity index is 491. The van der Waals surface area contributed by atoms with Gasteiger partial charge in [0.05, 0.1) is 18.7 Å². The Labute approximate surface area is 148 Å². The van der Waals surface area contributed by atoms with Crippen LogP contribution in [0.25, 0.3) is 0 Å². The van der Waals surface area contributed by atoms with E-state index in [-0.39, 0.29) is 36.7 Å². The Morgan fingerprint density at radius 1 is 1.17 bits per heavy atom. The number of carbonyl (C=O) groups excluding carboxylic acids is 2. The number of hydrogen-bond donors (Lipinski definition) is 2. The zero-order valence-electron chi connectivity index (χ0n) is 13.0. The summed E-state index contributed by atoms with van der Waals surface area (Å²) in [6.07, 6.45) is 0. The molecule has 1 saturated heterocycles. The number of nitrogens with zero attached hydrogens (tertiary/aromatic N) is 1. The number of nitrogens with one attached hydrogen (secondary N) is 2. The van der Waals surface area contributed by atoms with Crippen LogP contribution in [-0.2, 0) is 9.53 Å². The Morgan fingerprint density at radius 3 is 2.35 bits per heavy atom. The minimum absolute atomic E-state index is 0. The average molecular weight is 364 g/mol. The summed E-state index contributed by atoms with van der Waals surface area (Å²) in [6, 6.07) is 6.72. The van der Waals surface area contributed by atoms with Gasteiger partial charge in [0.2, 0.25) is 5.91 Å². The largest absolute Gasteiger partial charge is 0.462 e. The molecule has 1 heterocycles. The lowest BCUT2D eigenvalue weighted by Crippen LogP contribution is -2.46. The molecule has 130 valence electrons. The summed E-state index contributed by atoms with van der Waals surface area (Å²) in [5, 5.41) is 6.08. The van der Waals surface area contributed by atoms with E-state index >= 15 is 0 Å². The van der Waals surface area contributed by atoms with Gasteiger partial charge in [-0.2, -0.15) is 0 Å². The van der Waals surface area contributed by atoms with Crippen LogP contribution in [0.2, 0.25) is 0 Å². The van der Waals surface area contributed by atoms with E-state index in [0.29, 0.717) is 24.4 Å². The van der Waals surface area contributed by atoms with Crippen molar-refractivity contribution in [2.45, 2.75) is 6.92 Å². The van der Waals surface area contributed by atoms with Gasteiger partial charge in [-0.15, -0.1) is 24.8 Å². The molecule has 0 saturated carbocycles. The molecule has 2 rings (SSSR count). The molecular weight excluding hydrogens is 341 g/mol. The highest BCUT2D eigenvalue weighted by molar-refractivity contribution is 5.94. The third-order valence-electron chi connectivity index (χ3n) is 3.26. The molecule has 1 aliphatic rings. The topological polar surface area (TPSA) is 70.7 Å². The van der Waals surface area contributed by atoms with Crippen LogP contribution in [0.3, 0.4) is 0 Å². The van der Waals surface area contributed by atoms with Crippen LogP contribution < -0.4 is 10.6 Å². The first-order valence-corrected chi connectivity index (χ1v) is 7.19. The maximum Gasteiger partial charge on any atom is 0.338 e.